The van der Waals surface area contributed by atoms with E-state index in [1.165, 1.54) is 32.7 Å². The summed E-state index contributed by atoms with van der Waals surface area (Å²) in [4.78, 5) is 0. The predicted octanol–water partition coefficient (Wildman–Crippen LogP) is 7.19. The van der Waals surface area contributed by atoms with Crippen molar-refractivity contribution in [1.82, 2.24) is 0 Å². The Morgan fingerprint density at radius 2 is 1.05 bits per heavy atom. The first-order valence-electron chi connectivity index (χ1n) is 7.09. The maximum absolute atomic E-state index is 3.61. The highest BCUT2D eigenvalue weighted by Gasteiger charge is 2.10. The highest BCUT2D eigenvalue weighted by atomic mass is 79.9. The highest BCUT2D eigenvalue weighted by molar-refractivity contribution is 9.11. The lowest BCUT2D eigenvalue weighted by Crippen LogP contribution is -1.86. The van der Waals surface area contributed by atoms with Crippen LogP contribution in [0, 0.1) is 0 Å². The van der Waals surface area contributed by atoms with Crippen LogP contribution in [0.15, 0.2) is 81.7 Å². The summed E-state index contributed by atoms with van der Waals surface area (Å²) in [5, 5.41) is 5.11. The van der Waals surface area contributed by atoms with Crippen LogP contribution in [-0.2, 0) is 0 Å². The van der Waals surface area contributed by atoms with Crippen LogP contribution in [0.1, 0.15) is 0 Å². The lowest BCUT2D eigenvalue weighted by Gasteiger charge is -2.13. The Labute approximate surface area is 146 Å². The lowest BCUT2D eigenvalue weighted by molar-refractivity contribution is 1.59. The zero-order valence-electron chi connectivity index (χ0n) is 11.7. The van der Waals surface area contributed by atoms with Crippen LogP contribution in [-0.4, -0.2) is 0 Å². The fourth-order valence-electron chi connectivity index (χ4n) is 3.02. The summed E-state index contributed by atoms with van der Waals surface area (Å²) in [7, 11) is 0. The number of fused-ring (bicyclic) bond motifs is 2. The summed E-state index contributed by atoms with van der Waals surface area (Å²) >= 11 is 7.22. The van der Waals surface area contributed by atoms with Crippen molar-refractivity contribution in [2.24, 2.45) is 0 Å². The lowest BCUT2D eigenvalue weighted by atomic mass is 9.92. The first-order chi connectivity index (χ1) is 10.7. The molecule has 4 aromatic carbocycles. The van der Waals surface area contributed by atoms with Gasteiger partial charge in [-0.15, -0.1) is 0 Å². The Morgan fingerprint density at radius 3 is 1.59 bits per heavy atom. The van der Waals surface area contributed by atoms with Crippen molar-refractivity contribution in [2.45, 2.75) is 0 Å². The minimum Gasteiger partial charge on any atom is -0.0616 e. The summed E-state index contributed by atoms with van der Waals surface area (Å²) in [6.45, 7) is 0. The van der Waals surface area contributed by atoms with Gasteiger partial charge in [0.15, 0.2) is 0 Å². The first kappa shape index (κ1) is 14.0. The third kappa shape index (κ3) is 2.37. The molecule has 0 N–H and O–H groups in total. The zero-order chi connectivity index (χ0) is 15.1. The molecule has 0 nitrogen and oxygen atoms in total. The van der Waals surface area contributed by atoms with Crippen LogP contribution in [0.2, 0.25) is 0 Å². The number of hydrogen-bond acceptors (Lipinski definition) is 0. The second-order valence-electron chi connectivity index (χ2n) is 5.35. The summed E-state index contributed by atoms with van der Waals surface area (Å²) in [6, 6.07) is 25.8. The molecule has 0 aliphatic heterocycles. The molecular formula is C20H12Br2. The number of benzene rings is 4. The molecule has 0 saturated heterocycles. The fraction of sp³-hybridized carbons (Fsp3) is 0. The quantitative estimate of drug-likeness (QED) is 0.291. The largest absolute Gasteiger partial charge is 0.0616 e. The molecular weight excluding hydrogens is 400 g/mol. The molecule has 0 amide bonds. The summed E-state index contributed by atoms with van der Waals surface area (Å²) in [5.74, 6) is 0. The van der Waals surface area contributed by atoms with Gasteiger partial charge in [-0.05, 0) is 56.9 Å². The van der Waals surface area contributed by atoms with Crippen LogP contribution in [0.3, 0.4) is 0 Å². The third-order valence-corrected chi connectivity index (χ3v) is 4.84. The van der Waals surface area contributed by atoms with Gasteiger partial charge in [0.1, 0.15) is 0 Å². The molecule has 0 spiro atoms. The summed E-state index contributed by atoms with van der Waals surface area (Å²) in [5.41, 5.74) is 2.50. The SMILES string of the molecule is Brc1cc(Br)cc(-c2c3ccccc3cc3ccccc23)c1. The maximum atomic E-state index is 3.61. The molecule has 22 heavy (non-hydrogen) atoms. The molecule has 106 valence electrons. The molecule has 0 aliphatic carbocycles. The van der Waals surface area contributed by atoms with Gasteiger partial charge in [-0.1, -0.05) is 80.4 Å². The van der Waals surface area contributed by atoms with Crippen molar-refractivity contribution >= 4 is 53.4 Å². The average Bonchev–Trinajstić information content (AvgIpc) is 2.51. The van der Waals surface area contributed by atoms with E-state index in [1.54, 1.807) is 0 Å². The van der Waals surface area contributed by atoms with E-state index in [9.17, 15) is 0 Å². The van der Waals surface area contributed by atoms with Gasteiger partial charge >= 0.3 is 0 Å². The minimum atomic E-state index is 1.08. The average molecular weight is 412 g/mol. The molecule has 0 fully saturated rings. The van der Waals surface area contributed by atoms with E-state index < -0.39 is 0 Å². The Kier molecular flexibility index (Phi) is 3.51. The van der Waals surface area contributed by atoms with Crippen molar-refractivity contribution in [3.63, 3.8) is 0 Å². The first-order valence-corrected chi connectivity index (χ1v) is 8.68. The molecule has 4 rings (SSSR count). The van der Waals surface area contributed by atoms with E-state index in [-0.39, 0.29) is 0 Å². The van der Waals surface area contributed by atoms with Crippen molar-refractivity contribution in [3.8, 4) is 11.1 Å². The molecule has 0 unspecified atom stereocenters. The van der Waals surface area contributed by atoms with Crippen molar-refractivity contribution in [2.75, 3.05) is 0 Å². The van der Waals surface area contributed by atoms with Gasteiger partial charge in [-0.2, -0.15) is 0 Å². The fourth-order valence-corrected chi connectivity index (χ4v) is 4.32. The zero-order valence-corrected chi connectivity index (χ0v) is 14.9. The van der Waals surface area contributed by atoms with Gasteiger partial charge in [0.25, 0.3) is 0 Å². The third-order valence-electron chi connectivity index (χ3n) is 3.92. The maximum Gasteiger partial charge on any atom is 0.0192 e. The molecule has 0 aromatic heterocycles. The molecule has 4 aromatic rings. The van der Waals surface area contributed by atoms with E-state index >= 15 is 0 Å². The molecule has 0 bridgehead atoms. The van der Waals surface area contributed by atoms with Crippen LogP contribution >= 0.6 is 31.9 Å². The molecule has 2 heteroatoms. The van der Waals surface area contributed by atoms with Crippen LogP contribution < -0.4 is 0 Å². The Hall–Kier alpha value is -1.64. The van der Waals surface area contributed by atoms with Crippen molar-refractivity contribution in [3.05, 3.63) is 81.7 Å². The monoisotopic (exact) mass is 410 g/mol. The van der Waals surface area contributed by atoms with Crippen LogP contribution in [0.5, 0.6) is 0 Å². The number of halogens is 2. The molecule has 0 radical (unpaired) electrons. The van der Waals surface area contributed by atoms with E-state index in [0.717, 1.165) is 8.95 Å². The van der Waals surface area contributed by atoms with Gasteiger partial charge in [0, 0.05) is 8.95 Å². The summed E-state index contributed by atoms with van der Waals surface area (Å²) in [6.07, 6.45) is 0. The number of rotatable bonds is 1. The normalized spacial score (nSPS) is 11.2. The van der Waals surface area contributed by atoms with Crippen molar-refractivity contribution < 1.29 is 0 Å². The van der Waals surface area contributed by atoms with Gasteiger partial charge < -0.3 is 0 Å². The van der Waals surface area contributed by atoms with Gasteiger partial charge in [-0.25, -0.2) is 0 Å². The Bertz CT molecular complexity index is 929. The molecule has 0 heterocycles. The van der Waals surface area contributed by atoms with Crippen LogP contribution in [0.25, 0.3) is 32.7 Å². The highest BCUT2D eigenvalue weighted by Crippen LogP contribution is 2.38. The topological polar surface area (TPSA) is 0 Å². The van der Waals surface area contributed by atoms with Gasteiger partial charge in [0.2, 0.25) is 0 Å². The number of hydrogen-bond donors (Lipinski definition) is 0. The summed E-state index contributed by atoms with van der Waals surface area (Å²) < 4.78 is 2.16. The smallest absolute Gasteiger partial charge is 0.0192 e. The Morgan fingerprint density at radius 1 is 0.545 bits per heavy atom. The predicted molar refractivity (Wildman–Crippen MR) is 102 cm³/mol. The van der Waals surface area contributed by atoms with Gasteiger partial charge in [-0.3, -0.25) is 0 Å². The van der Waals surface area contributed by atoms with Crippen LogP contribution in [0.4, 0.5) is 0 Å². The van der Waals surface area contributed by atoms with Crippen molar-refractivity contribution in [1.29, 1.82) is 0 Å². The minimum absolute atomic E-state index is 1.08. The van der Waals surface area contributed by atoms with E-state index in [1.807, 2.05) is 0 Å². The second kappa shape index (κ2) is 5.53. The molecule has 0 aliphatic rings. The van der Waals surface area contributed by atoms with E-state index in [4.69, 9.17) is 0 Å². The molecule has 0 atom stereocenters. The standard InChI is InChI=1S/C20H12Br2/c21-16-10-15(11-17(22)12-16)20-18-7-3-1-5-13(18)9-14-6-2-4-8-19(14)20/h1-12H. The van der Waals surface area contributed by atoms with E-state index in [0.29, 0.717) is 0 Å². The second-order valence-corrected chi connectivity index (χ2v) is 7.18. The Balaban J connectivity index is 2.21. The molecule has 0 saturated carbocycles. The van der Waals surface area contributed by atoms with Gasteiger partial charge in [0.05, 0.1) is 0 Å². The van der Waals surface area contributed by atoms with E-state index in [2.05, 4.69) is 105 Å².